The Morgan fingerprint density at radius 3 is 2.65 bits per heavy atom. The Kier molecular flexibility index (Phi) is 2.74. The number of carbonyl (C=O) groups is 1. The van der Waals surface area contributed by atoms with Gasteiger partial charge in [0.15, 0.2) is 0 Å². The van der Waals surface area contributed by atoms with Gasteiger partial charge in [-0.05, 0) is 19.1 Å². The number of piperidine rings is 1. The summed E-state index contributed by atoms with van der Waals surface area (Å²) in [6, 6.07) is 12.7. The summed E-state index contributed by atoms with van der Waals surface area (Å²) in [6.45, 7) is 1.66. The third-order valence-corrected chi connectivity index (χ3v) is 7.34. The maximum atomic E-state index is 14.7. The second-order valence-corrected chi connectivity index (χ2v) is 8.52. The fraction of sp³-hybridized carbons (Fsp3) is 0.278. The van der Waals surface area contributed by atoms with Gasteiger partial charge in [0, 0.05) is 11.1 Å². The lowest BCUT2D eigenvalue weighted by Gasteiger charge is -2.39. The fourth-order valence-electron chi connectivity index (χ4n) is 4.55. The molecular weight excluding hydrogens is 359 g/mol. The Morgan fingerprint density at radius 2 is 1.92 bits per heavy atom. The van der Waals surface area contributed by atoms with Crippen LogP contribution in [-0.4, -0.2) is 21.3 Å². The number of hydrogen-bond donors (Lipinski definition) is 1. The van der Waals surface area contributed by atoms with Gasteiger partial charge in [0.05, 0.1) is 4.92 Å². The van der Waals surface area contributed by atoms with Crippen molar-refractivity contribution in [2.45, 2.75) is 28.2 Å². The second kappa shape index (κ2) is 4.56. The molecule has 2 aromatic rings. The summed E-state index contributed by atoms with van der Waals surface area (Å²) in [7, 11) is 0. The fourth-order valence-corrected chi connectivity index (χ4v) is 6.54. The van der Waals surface area contributed by atoms with Crippen molar-refractivity contribution in [2.24, 2.45) is 0 Å². The van der Waals surface area contributed by atoms with E-state index in [2.05, 4.69) is 5.32 Å². The van der Waals surface area contributed by atoms with Crippen molar-refractivity contribution in [3.8, 4) is 5.75 Å². The summed E-state index contributed by atoms with van der Waals surface area (Å²) in [5.74, 6) is -1.45. The Labute approximate surface area is 151 Å². The smallest absolute Gasteiger partial charge is 0.408 e. The molecule has 26 heavy (non-hydrogen) atoms. The van der Waals surface area contributed by atoms with E-state index in [0.717, 1.165) is 11.8 Å². The van der Waals surface area contributed by atoms with Gasteiger partial charge in [-0.15, -0.1) is 0 Å². The molecule has 0 spiro atoms. The zero-order valence-corrected chi connectivity index (χ0v) is 14.4. The van der Waals surface area contributed by atoms with E-state index >= 15 is 0 Å². The molecule has 6 nitrogen and oxygen atoms in total. The van der Waals surface area contributed by atoms with Crippen molar-refractivity contribution in [1.29, 1.82) is 0 Å². The summed E-state index contributed by atoms with van der Waals surface area (Å²) >= 11 is 1.07. The highest BCUT2D eigenvalue weighted by atomic mass is 32.2. The molecule has 132 valence electrons. The zero-order chi connectivity index (χ0) is 18.3. The number of thioether (sulfide) groups is 1. The minimum Gasteiger partial charge on any atom is -0.424 e. The van der Waals surface area contributed by atoms with Crippen LogP contribution in [0.2, 0.25) is 0 Å². The van der Waals surface area contributed by atoms with E-state index in [1.807, 2.05) is 0 Å². The molecule has 0 unspecified atom stereocenters. The number of ether oxygens (including phenoxy) is 1. The topological polar surface area (TPSA) is 81.5 Å². The van der Waals surface area contributed by atoms with Crippen molar-refractivity contribution >= 4 is 17.7 Å². The Balaban J connectivity index is 1.87. The molecule has 2 bridgehead atoms. The van der Waals surface area contributed by atoms with Gasteiger partial charge in [-0.25, -0.2) is 4.39 Å². The molecular formula is C18H13FN2O4S. The first-order chi connectivity index (χ1) is 12.4. The highest BCUT2D eigenvalue weighted by Gasteiger charge is 2.89. The van der Waals surface area contributed by atoms with Crippen LogP contribution in [0.25, 0.3) is 0 Å². The lowest BCUT2D eigenvalue weighted by atomic mass is 9.72. The zero-order valence-electron chi connectivity index (χ0n) is 13.6. The van der Waals surface area contributed by atoms with Crippen molar-refractivity contribution in [3.63, 3.8) is 0 Å². The summed E-state index contributed by atoms with van der Waals surface area (Å²) in [6.07, 6.45) is 0. The van der Waals surface area contributed by atoms with Crippen LogP contribution in [0.3, 0.4) is 0 Å². The molecule has 4 atom stereocenters. The van der Waals surface area contributed by atoms with Gasteiger partial charge in [-0.3, -0.25) is 14.9 Å². The predicted molar refractivity (Wildman–Crippen MR) is 91.8 cm³/mol. The quantitative estimate of drug-likeness (QED) is 0.648. The normalized spacial score (nSPS) is 36.2. The molecule has 2 fully saturated rings. The number of carbonyl (C=O) groups excluding carboxylic acids is 1. The Morgan fingerprint density at radius 1 is 1.23 bits per heavy atom. The van der Waals surface area contributed by atoms with Gasteiger partial charge in [-0.2, -0.15) is 0 Å². The van der Waals surface area contributed by atoms with Gasteiger partial charge in [-0.1, -0.05) is 48.2 Å². The lowest BCUT2D eigenvalue weighted by Crippen LogP contribution is -2.69. The van der Waals surface area contributed by atoms with Gasteiger partial charge in [0.1, 0.15) is 22.2 Å². The summed E-state index contributed by atoms with van der Waals surface area (Å²) in [4.78, 5) is 23.1. The first-order valence-corrected chi connectivity index (χ1v) is 8.89. The van der Waals surface area contributed by atoms with Crippen molar-refractivity contribution in [1.82, 2.24) is 5.32 Å². The van der Waals surface area contributed by atoms with Crippen LogP contribution in [0.1, 0.15) is 24.0 Å². The molecule has 1 N–H and O–H groups in total. The number of hydrogen-bond acceptors (Lipinski definition) is 5. The first-order valence-electron chi connectivity index (χ1n) is 8.07. The van der Waals surface area contributed by atoms with Crippen LogP contribution in [-0.2, 0) is 9.67 Å². The van der Waals surface area contributed by atoms with E-state index in [1.54, 1.807) is 37.3 Å². The molecule has 3 heterocycles. The monoisotopic (exact) mass is 372 g/mol. The number of fused-ring (bicyclic) bond motifs is 7. The molecule has 0 aliphatic carbocycles. The third kappa shape index (κ3) is 1.45. The largest absolute Gasteiger partial charge is 0.424 e. The number of nitrogens with one attached hydrogen (secondary N) is 1. The molecule has 0 saturated carbocycles. The minimum absolute atomic E-state index is 0.0501. The molecule has 8 heteroatoms. The molecule has 5 rings (SSSR count). The van der Waals surface area contributed by atoms with E-state index < -0.39 is 32.0 Å². The third-order valence-electron chi connectivity index (χ3n) is 5.57. The summed E-state index contributed by atoms with van der Waals surface area (Å²) in [5, 5.41) is 15.1. The minimum atomic E-state index is -2.02. The van der Waals surface area contributed by atoms with E-state index in [9.17, 15) is 19.3 Å². The summed E-state index contributed by atoms with van der Waals surface area (Å²) in [5.41, 5.74) is -1.37. The highest BCUT2D eigenvalue weighted by molar-refractivity contribution is 8.03. The van der Waals surface area contributed by atoms with Crippen LogP contribution in [0.15, 0.2) is 48.5 Å². The molecule has 0 radical (unpaired) electrons. The lowest BCUT2D eigenvalue weighted by molar-refractivity contribution is -0.627. The van der Waals surface area contributed by atoms with E-state index in [1.165, 1.54) is 18.2 Å². The van der Waals surface area contributed by atoms with Gasteiger partial charge < -0.3 is 10.1 Å². The van der Waals surface area contributed by atoms with Crippen molar-refractivity contribution < 1.29 is 18.8 Å². The standard InChI is InChI=1S/C18H13FN2O4S/c1-16-14-10-6-2-5-9-13(10)25-18(14,21(23)24)17(26-16,20-15(16)22)11-7-3-4-8-12(11)19/h2-9,14H,1H3,(H,20,22)/t14-,16+,17-,18-/m1/s1. The average molecular weight is 372 g/mol. The van der Waals surface area contributed by atoms with Crippen molar-refractivity contribution in [2.75, 3.05) is 0 Å². The molecule has 3 aliphatic heterocycles. The number of halogens is 1. The molecule has 2 aromatic carbocycles. The van der Waals surface area contributed by atoms with E-state index in [-0.39, 0.29) is 11.5 Å². The molecule has 1 amide bonds. The average Bonchev–Trinajstić information content (AvgIpc) is 3.17. The summed E-state index contributed by atoms with van der Waals surface area (Å²) < 4.78 is 19.5. The number of nitro groups is 1. The number of para-hydroxylation sites is 1. The van der Waals surface area contributed by atoms with Gasteiger partial charge in [0.25, 0.3) is 0 Å². The maximum Gasteiger partial charge on any atom is 0.408 e. The van der Waals surface area contributed by atoms with Gasteiger partial charge >= 0.3 is 5.72 Å². The highest BCUT2D eigenvalue weighted by Crippen LogP contribution is 2.74. The Bertz CT molecular complexity index is 1000. The number of rotatable bonds is 2. The van der Waals surface area contributed by atoms with Crippen LogP contribution in [0.4, 0.5) is 4.39 Å². The molecule has 0 aromatic heterocycles. The van der Waals surface area contributed by atoms with E-state index in [0.29, 0.717) is 11.3 Å². The van der Waals surface area contributed by atoms with Crippen molar-refractivity contribution in [3.05, 3.63) is 75.6 Å². The number of nitrogens with zero attached hydrogens (tertiary/aromatic N) is 1. The molecule has 2 saturated heterocycles. The first kappa shape index (κ1) is 15.6. The second-order valence-electron chi connectivity index (χ2n) is 6.85. The van der Waals surface area contributed by atoms with Crippen LogP contribution < -0.4 is 10.1 Å². The SMILES string of the molecule is C[C@@]12S[C@@](c3ccccc3F)(NC1=O)[C@]1([N+](=O)[O-])Oc3ccccc3[C@H]21. The Hall–Kier alpha value is -2.61. The van der Waals surface area contributed by atoms with Crippen LogP contribution in [0.5, 0.6) is 5.75 Å². The van der Waals surface area contributed by atoms with E-state index in [4.69, 9.17) is 4.74 Å². The predicted octanol–water partition coefficient (Wildman–Crippen LogP) is 2.76. The van der Waals surface area contributed by atoms with Crippen LogP contribution in [0, 0.1) is 15.9 Å². The van der Waals surface area contributed by atoms with Gasteiger partial charge in [0.2, 0.25) is 10.8 Å². The molecule has 3 aliphatic rings. The number of benzene rings is 2. The van der Waals surface area contributed by atoms with Crippen LogP contribution >= 0.6 is 11.8 Å². The maximum absolute atomic E-state index is 14.7. The number of amides is 1.